The Balaban J connectivity index is 2.04. The van der Waals surface area contributed by atoms with Crippen LogP contribution in [0, 0.1) is 6.92 Å². The first kappa shape index (κ1) is 13.9. The highest BCUT2D eigenvalue weighted by molar-refractivity contribution is 5.89. The standard InChI is InChI=1S/C16H17NO3/c1-11-4-3-5-13(15(11)18)10-17-14-8-6-12(7-9-14)16(19)20-2/h3-9,17-18H,10H2,1-2H3. The Morgan fingerprint density at radius 1 is 1.20 bits per heavy atom. The van der Waals surface area contributed by atoms with E-state index in [2.05, 4.69) is 10.1 Å². The maximum atomic E-state index is 11.3. The van der Waals surface area contributed by atoms with Crippen LogP contribution in [0.3, 0.4) is 0 Å². The molecule has 2 N–H and O–H groups in total. The maximum absolute atomic E-state index is 11.3. The maximum Gasteiger partial charge on any atom is 0.337 e. The van der Waals surface area contributed by atoms with Crippen molar-refractivity contribution in [2.45, 2.75) is 13.5 Å². The van der Waals surface area contributed by atoms with Crippen molar-refractivity contribution in [1.82, 2.24) is 0 Å². The quantitative estimate of drug-likeness (QED) is 0.839. The minimum absolute atomic E-state index is 0.311. The number of ether oxygens (including phenoxy) is 1. The Kier molecular flexibility index (Phi) is 4.25. The number of rotatable bonds is 4. The van der Waals surface area contributed by atoms with Gasteiger partial charge in [0.1, 0.15) is 5.75 Å². The van der Waals surface area contributed by atoms with E-state index in [1.807, 2.05) is 25.1 Å². The largest absolute Gasteiger partial charge is 0.507 e. The number of anilines is 1. The van der Waals surface area contributed by atoms with E-state index in [0.29, 0.717) is 17.9 Å². The second-order valence-electron chi connectivity index (χ2n) is 4.51. The average Bonchev–Trinajstić information content (AvgIpc) is 2.48. The van der Waals surface area contributed by atoms with Crippen molar-refractivity contribution >= 4 is 11.7 Å². The molecule has 0 aliphatic heterocycles. The number of nitrogens with one attached hydrogen (secondary N) is 1. The lowest BCUT2D eigenvalue weighted by Crippen LogP contribution is -2.03. The highest BCUT2D eigenvalue weighted by Gasteiger charge is 2.05. The van der Waals surface area contributed by atoms with Crippen molar-refractivity contribution in [3.05, 3.63) is 59.2 Å². The van der Waals surface area contributed by atoms with Gasteiger partial charge in [0.15, 0.2) is 0 Å². The molecule has 0 atom stereocenters. The molecule has 0 bridgehead atoms. The van der Waals surface area contributed by atoms with E-state index in [1.54, 1.807) is 24.3 Å². The highest BCUT2D eigenvalue weighted by Crippen LogP contribution is 2.22. The molecule has 4 nitrogen and oxygen atoms in total. The molecule has 2 aromatic carbocycles. The van der Waals surface area contributed by atoms with E-state index in [1.165, 1.54) is 7.11 Å². The third-order valence-electron chi connectivity index (χ3n) is 3.11. The zero-order valence-electron chi connectivity index (χ0n) is 11.5. The molecular formula is C16H17NO3. The van der Waals surface area contributed by atoms with Gasteiger partial charge in [-0.3, -0.25) is 0 Å². The van der Waals surface area contributed by atoms with Crippen LogP contribution in [0.25, 0.3) is 0 Å². The topological polar surface area (TPSA) is 58.6 Å². The van der Waals surface area contributed by atoms with Crippen molar-refractivity contribution in [2.75, 3.05) is 12.4 Å². The van der Waals surface area contributed by atoms with Gasteiger partial charge in [-0.1, -0.05) is 18.2 Å². The predicted molar refractivity (Wildman–Crippen MR) is 78.0 cm³/mol. The number of benzene rings is 2. The van der Waals surface area contributed by atoms with Gasteiger partial charge in [0.25, 0.3) is 0 Å². The first-order chi connectivity index (χ1) is 9.61. The first-order valence-corrected chi connectivity index (χ1v) is 6.31. The third-order valence-corrected chi connectivity index (χ3v) is 3.11. The van der Waals surface area contributed by atoms with Crippen LogP contribution in [0.4, 0.5) is 5.69 Å². The van der Waals surface area contributed by atoms with Crippen molar-refractivity contribution < 1.29 is 14.6 Å². The Morgan fingerprint density at radius 2 is 1.90 bits per heavy atom. The number of hydrogen-bond acceptors (Lipinski definition) is 4. The van der Waals surface area contributed by atoms with E-state index in [9.17, 15) is 9.90 Å². The molecule has 0 aromatic heterocycles. The number of esters is 1. The molecule has 0 aliphatic rings. The van der Waals surface area contributed by atoms with Gasteiger partial charge in [-0.05, 0) is 36.8 Å². The number of para-hydroxylation sites is 1. The van der Waals surface area contributed by atoms with E-state index in [-0.39, 0.29) is 5.97 Å². The molecule has 0 spiro atoms. The molecule has 0 fully saturated rings. The van der Waals surface area contributed by atoms with Crippen LogP contribution in [-0.4, -0.2) is 18.2 Å². The van der Waals surface area contributed by atoms with Crippen LogP contribution in [0.1, 0.15) is 21.5 Å². The third kappa shape index (κ3) is 3.09. The van der Waals surface area contributed by atoms with Crippen LogP contribution in [0.5, 0.6) is 5.75 Å². The minimum Gasteiger partial charge on any atom is -0.507 e. The minimum atomic E-state index is -0.354. The summed E-state index contributed by atoms with van der Waals surface area (Å²) < 4.78 is 4.64. The first-order valence-electron chi connectivity index (χ1n) is 6.31. The lowest BCUT2D eigenvalue weighted by Gasteiger charge is -2.10. The summed E-state index contributed by atoms with van der Waals surface area (Å²) in [7, 11) is 1.36. The summed E-state index contributed by atoms with van der Waals surface area (Å²) in [5.74, 6) is -0.0425. The van der Waals surface area contributed by atoms with E-state index in [0.717, 1.165) is 16.8 Å². The van der Waals surface area contributed by atoms with E-state index >= 15 is 0 Å². The van der Waals surface area contributed by atoms with Crippen molar-refractivity contribution in [1.29, 1.82) is 0 Å². The van der Waals surface area contributed by atoms with Crippen LogP contribution in [0.2, 0.25) is 0 Å². The molecule has 0 amide bonds. The molecule has 20 heavy (non-hydrogen) atoms. The van der Waals surface area contributed by atoms with E-state index < -0.39 is 0 Å². The molecule has 2 aromatic rings. The number of aromatic hydroxyl groups is 1. The van der Waals surface area contributed by atoms with Gasteiger partial charge in [0.05, 0.1) is 12.7 Å². The fourth-order valence-corrected chi connectivity index (χ4v) is 1.90. The van der Waals surface area contributed by atoms with Crippen LogP contribution in [0.15, 0.2) is 42.5 Å². The summed E-state index contributed by atoms with van der Waals surface area (Å²) in [6.07, 6.45) is 0. The summed E-state index contributed by atoms with van der Waals surface area (Å²) in [6.45, 7) is 2.38. The Hall–Kier alpha value is -2.49. The number of methoxy groups -OCH3 is 1. The van der Waals surface area contributed by atoms with Crippen LogP contribution >= 0.6 is 0 Å². The van der Waals surface area contributed by atoms with Gasteiger partial charge < -0.3 is 15.2 Å². The molecule has 0 saturated carbocycles. The average molecular weight is 271 g/mol. The number of carbonyl (C=O) groups excluding carboxylic acids is 1. The predicted octanol–water partition coefficient (Wildman–Crippen LogP) is 3.10. The summed E-state index contributed by atoms with van der Waals surface area (Å²) >= 11 is 0. The SMILES string of the molecule is COC(=O)c1ccc(NCc2cccc(C)c2O)cc1. The van der Waals surface area contributed by atoms with Crippen LogP contribution < -0.4 is 5.32 Å². The number of hydrogen-bond donors (Lipinski definition) is 2. The van der Waals surface area contributed by atoms with Gasteiger partial charge in [-0.2, -0.15) is 0 Å². The lowest BCUT2D eigenvalue weighted by atomic mass is 10.1. The number of phenols is 1. The zero-order valence-corrected chi connectivity index (χ0v) is 11.5. The molecular weight excluding hydrogens is 254 g/mol. The Bertz CT molecular complexity index is 606. The van der Waals surface area contributed by atoms with Crippen molar-refractivity contribution in [2.24, 2.45) is 0 Å². The zero-order chi connectivity index (χ0) is 14.5. The van der Waals surface area contributed by atoms with Gasteiger partial charge in [0.2, 0.25) is 0 Å². The Labute approximate surface area is 118 Å². The smallest absolute Gasteiger partial charge is 0.337 e. The summed E-state index contributed by atoms with van der Waals surface area (Å²) in [4.78, 5) is 11.3. The second-order valence-corrected chi connectivity index (χ2v) is 4.51. The molecule has 0 unspecified atom stereocenters. The van der Waals surface area contributed by atoms with E-state index in [4.69, 9.17) is 0 Å². The number of aryl methyl sites for hydroxylation is 1. The Morgan fingerprint density at radius 3 is 2.55 bits per heavy atom. The van der Waals surface area contributed by atoms with Gasteiger partial charge in [-0.25, -0.2) is 4.79 Å². The molecule has 0 radical (unpaired) electrons. The summed E-state index contributed by atoms with van der Waals surface area (Å²) in [6, 6.07) is 12.7. The summed E-state index contributed by atoms with van der Waals surface area (Å²) in [5.41, 5.74) is 3.07. The second kappa shape index (κ2) is 6.10. The van der Waals surface area contributed by atoms with Crippen molar-refractivity contribution in [3.63, 3.8) is 0 Å². The summed E-state index contributed by atoms with van der Waals surface area (Å²) in [5, 5.41) is 13.1. The van der Waals surface area contributed by atoms with Gasteiger partial charge >= 0.3 is 5.97 Å². The molecule has 0 saturated heterocycles. The fraction of sp³-hybridized carbons (Fsp3) is 0.188. The number of carbonyl (C=O) groups is 1. The molecule has 4 heteroatoms. The highest BCUT2D eigenvalue weighted by atomic mass is 16.5. The van der Waals surface area contributed by atoms with Gasteiger partial charge in [-0.15, -0.1) is 0 Å². The normalized spacial score (nSPS) is 10.1. The van der Waals surface area contributed by atoms with Gasteiger partial charge in [0, 0.05) is 17.8 Å². The lowest BCUT2D eigenvalue weighted by molar-refractivity contribution is 0.0601. The van der Waals surface area contributed by atoms with Crippen LogP contribution in [-0.2, 0) is 11.3 Å². The molecule has 104 valence electrons. The molecule has 0 heterocycles. The fourth-order valence-electron chi connectivity index (χ4n) is 1.90. The molecule has 2 rings (SSSR count). The molecule has 0 aliphatic carbocycles. The van der Waals surface area contributed by atoms with Crippen molar-refractivity contribution in [3.8, 4) is 5.75 Å². The number of phenolic OH excluding ortho intramolecular Hbond substituents is 1. The monoisotopic (exact) mass is 271 g/mol.